The minimum absolute atomic E-state index is 0.130. The van der Waals surface area contributed by atoms with Crippen LogP contribution in [-0.2, 0) is 47.7 Å². The van der Waals surface area contributed by atoms with E-state index in [2.05, 4.69) is 16.0 Å². The molecule has 1 aromatic rings. The molecule has 0 aliphatic carbocycles. The van der Waals surface area contributed by atoms with Gasteiger partial charge in [-0.15, -0.1) is 11.8 Å². The molecule has 0 atom stereocenters. The first-order chi connectivity index (χ1) is 25.9. The quantitative estimate of drug-likeness (QED) is 0.0569. The molecule has 3 N–H and O–H groups in total. The average Bonchev–Trinajstić information content (AvgIpc) is 3.19. The van der Waals surface area contributed by atoms with Crippen LogP contribution in [0.4, 0.5) is 0 Å². The zero-order chi connectivity index (χ0) is 40.1. The Labute approximate surface area is 322 Å². The number of carbonyl (C=O) groups is 7. The van der Waals surface area contributed by atoms with Crippen molar-refractivity contribution in [3.8, 4) is 0 Å². The predicted molar refractivity (Wildman–Crippen MR) is 202 cm³/mol. The maximum Gasteiger partial charge on any atom is 0.306 e. The van der Waals surface area contributed by atoms with Crippen LogP contribution in [-0.4, -0.2) is 170 Å². The number of amides is 3. The first-order valence-electron chi connectivity index (χ1n) is 17.8. The highest BCUT2D eigenvalue weighted by atomic mass is 32.2. The Kier molecular flexibility index (Phi) is 25.8. The lowest BCUT2D eigenvalue weighted by Crippen LogP contribution is -2.41. The molecule has 0 fully saturated rings. The Morgan fingerprint density at radius 3 is 1.11 bits per heavy atom. The second-order valence-electron chi connectivity index (χ2n) is 12.0. The van der Waals surface area contributed by atoms with Crippen LogP contribution in [0.25, 0.3) is 0 Å². The lowest BCUT2D eigenvalue weighted by atomic mass is 10.2. The Morgan fingerprint density at radius 2 is 0.796 bits per heavy atom. The largest absolute Gasteiger partial charge is 0.469 e. The van der Waals surface area contributed by atoms with Gasteiger partial charge in [0.25, 0.3) is 5.91 Å². The van der Waals surface area contributed by atoms with Crippen LogP contribution in [0.5, 0.6) is 0 Å². The molecular formula is C36H58N6O11S. The van der Waals surface area contributed by atoms with Gasteiger partial charge in [0.15, 0.2) is 0 Å². The van der Waals surface area contributed by atoms with Gasteiger partial charge >= 0.3 is 23.9 Å². The second-order valence-corrected chi connectivity index (χ2v) is 12.9. The van der Waals surface area contributed by atoms with Crippen molar-refractivity contribution in [2.75, 3.05) is 113 Å². The molecule has 0 radical (unpaired) electrons. The molecule has 0 saturated heterocycles. The number of esters is 4. The molecule has 17 nitrogen and oxygen atoms in total. The summed E-state index contributed by atoms with van der Waals surface area (Å²) < 4.78 is 18.8. The first kappa shape index (κ1) is 47.8. The number of carbonyl (C=O) groups excluding carboxylic acids is 7. The van der Waals surface area contributed by atoms with Gasteiger partial charge in [-0.1, -0.05) is 0 Å². The van der Waals surface area contributed by atoms with E-state index in [1.807, 2.05) is 33.1 Å². The summed E-state index contributed by atoms with van der Waals surface area (Å²) in [4.78, 5) is 91.6. The van der Waals surface area contributed by atoms with Crippen LogP contribution in [0.1, 0.15) is 48.9 Å². The lowest BCUT2D eigenvalue weighted by molar-refractivity contribution is -0.142. The number of nitrogens with one attached hydrogen (secondary N) is 3. The number of ether oxygens (including phenoxy) is 4. The van der Waals surface area contributed by atoms with Gasteiger partial charge in [-0.2, -0.15) is 0 Å². The van der Waals surface area contributed by atoms with Crippen molar-refractivity contribution in [2.24, 2.45) is 0 Å². The van der Waals surface area contributed by atoms with Gasteiger partial charge in [-0.3, -0.25) is 33.6 Å². The summed E-state index contributed by atoms with van der Waals surface area (Å²) in [6.07, 6.45) is 2.76. The maximum absolute atomic E-state index is 12.8. The molecule has 304 valence electrons. The van der Waals surface area contributed by atoms with Gasteiger partial charge in [0, 0.05) is 102 Å². The van der Waals surface area contributed by atoms with E-state index in [1.165, 1.54) is 28.4 Å². The highest BCUT2D eigenvalue weighted by Crippen LogP contribution is 2.14. The van der Waals surface area contributed by atoms with Crippen LogP contribution >= 0.6 is 11.8 Å². The fourth-order valence-corrected chi connectivity index (χ4v) is 5.40. The van der Waals surface area contributed by atoms with Gasteiger partial charge in [-0.25, -0.2) is 0 Å². The van der Waals surface area contributed by atoms with Crippen molar-refractivity contribution in [3.05, 3.63) is 29.8 Å². The summed E-state index contributed by atoms with van der Waals surface area (Å²) in [5.74, 6) is -2.19. The number of benzene rings is 1. The molecule has 18 heteroatoms. The van der Waals surface area contributed by atoms with Crippen LogP contribution in [0.2, 0.25) is 0 Å². The summed E-state index contributed by atoms with van der Waals surface area (Å²) in [5, 5.41) is 8.64. The van der Waals surface area contributed by atoms with Crippen molar-refractivity contribution in [3.63, 3.8) is 0 Å². The SMILES string of the molecule is COC(=O)CCN(CCNC(=O)CCN(CCNC(=O)c1ccc(SC)cc1)CCC(=O)NCCN(CCC(=O)OC)CCC(=O)OC)CCC(=O)OC. The number of nitrogens with zero attached hydrogens (tertiary/aromatic N) is 3. The van der Waals surface area contributed by atoms with Crippen LogP contribution in [0.15, 0.2) is 29.2 Å². The molecule has 0 aliphatic heterocycles. The Hall–Kier alpha value is -4.26. The molecular weight excluding hydrogens is 724 g/mol. The Morgan fingerprint density at radius 1 is 0.481 bits per heavy atom. The van der Waals surface area contributed by atoms with Gasteiger partial charge < -0.3 is 49.6 Å². The highest BCUT2D eigenvalue weighted by molar-refractivity contribution is 7.98. The summed E-state index contributed by atoms with van der Waals surface area (Å²) in [5.41, 5.74) is 0.525. The summed E-state index contributed by atoms with van der Waals surface area (Å²) in [6.45, 7) is 4.08. The summed E-state index contributed by atoms with van der Waals surface area (Å²) in [6, 6.07) is 7.26. The third-order valence-corrected chi connectivity index (χ3v) is 9.06. The molecule has 0 aliphatic rings. The van der Waals surface area contributed by atoms with Crippen molar-refractivity contribution in [1.82, 2.24) is 30.7 Å². The van der Waals surface area contributed by atoms with E-state index in [0.717, 1.165) is 4.90 Å². The minimum Gasteiger partial charge on any atom is -0.469 e. The molecule has 0 unspecified atom stereocenters. The fraction of sp³-hybridized carbons (Fsp3) is 0.639. The Bertz CT molecular complexity index is 1210. The predicted octanol–water partition coefficient (Wildman–Crippen LogP) is 0.309. The standard InChI is InChI=1S/C36H58N6O11S/c1-50-32(45)12-21-41(22-13-33(46)51-2)25-16-37-30(43)10-19-40(27-18-39-36(49)28-6-8-29(54-5)9-7-28)20-11-31(44)38-17-26-42(23-14-34(47)52-3)24-15-35(48)53-4/h6-9H,10-27H2,1-5H3,(H,37,43)(H,38,44)(H,39,49). The number of hydrogen-bond donors (Lipinski definition) is 3. The number of thioether (sulfide) groups is 1. The molecule has 0 bridgehead atoms. The van der Waals surface area contributed by atoms with E-state index in [1.54, 1.807) is 23.9 Å². The second kappa shape index (κ2) is 29.1. The summed E-state index contributed by atoms with van der Waals surface area (Å²) >= 11 is 1.58. The van der Waals surface area contributed by atoms with E-state index in [4.69, 9.17) is 18.9 Å². The lowest BCUT2D eigenvalue weighted by Gasteiger charge is -2.24. The van der Waals surface area contributed by atoms with Crippen LogP contribution in [0, 0.1) is 0 Å². The van der Waals surface area contributed by atoms with Gasteiger partial charge in [-0.05, 0) is 30.5 Å². The average molecular weight is 783 g/mol. The number of rotatable bonds is 29. The fourth-order valence-electron chi connectivity index (χ4n) is 4.99. The molecule has 0 heterocycles. The molecule has 0 saturated carbocycles. The van der Waals surface area contributed by atoms with E-state index >= 15 is 0 Å². The number of methoxy groups -OCH3 is 4. The highest BCUT2D eigenvalue weighted by Gasteiger charge is 2.16. The van der Waals surface area contributed by atoms with Gasteiger partial charge in [0.1, 0.15) is 0 Å². The zero-order valence-corrected chi connectivity index (χ0v) is 33.1. The minimum atomic E-state index is -0.381. The number of hydrogen-bond acceptors (Lipinski definition) is 15. The topological polar surface area (TPSA) is 202 Å². The maximum atomic E-state index is 12.8. The normalized spacial score (nSPS) is 10.9. The third-order valence-electron chi connectivity index (χ3n) is 8.32. The zero-order valence-electron chi connectivity index (χ0n) is 32.3. The monoisotopic (exact) mass is 782 g/mol. The van der Waals surface area contributed by atoms with Crippen molar-refractivity contribution < 1.29 is 52.5 Å². The Balaban J connectivity index is 2.74. The summed E-state index contributed by atoms with van der Waals surface area (Å²) in [7, 11) is 5.21. The first-order valence-corrected chi connectivity index (χ1v) is 19.1. The smallest absolute Gasteiger partial charge is 0.306 e. The van der Waals surface area contributed by atoms with Crippen LogP contribution in [0.3, 0.4) is 0 Å². The van der Waals surface area contributed by atoms with Crippen LogP contribution < -0.4 is 16.0 Å². The van der Waals surface area contributed by atoms with E-state index in [9.17, 15) is 33.6 Å². The van der Waals surface area contributed by atoms with Crippen molar-refractivity contribution >= 4 is 53.4 Å². The molecule has 1 rings (SSSR count). The molecule has 1 aromatic carbocycles. The van der Waals surface area contributed by atoms with E-state index in [0.29, 0.717) is 64.5 Å². The van der Waals surface area contributed by atoms with Crippen molar-refractivity contribution in [2.45, 2.75) is 43.4 Å². The molecule has 3 amide bonds. The van der Waals surface area contributed by atoms with Gasteiger partial charge in [0.05, 0.1) is 54.1 Å². The third kappa shape index (κ3) is 22.7. The van der Waals surface area contributed by atoms with E-state index in [-0.39, 0.29) is 99.8 Å². The van der Waals surface area contributed by atoms with Crippen molar-refractivity contribution in [1.29, 1.82) is 0 Å². The van der Waals surface area contributed by atoms with Gasteiger partial charge in [0.2, 0.25) is 11.8 Å². The van der Waals surface area contributed by atoms with E-state index < -0.39 is 0 Å². The molecule has 0 spiro atoms. The molecule has 54 heavy (non-hydrogen) atoms. The molecule has 0 aromatic heterocycles.